The van der Waals surface area contributed by atoms with Gasteiger partial charge in [0.25, 0.3) is 0 Å². The predicted molar refractivity (Wildman–Crippen MR) is 256 cm³/mol. The van der Waals surface area contributed by atoms with Gasteiger partial charge >= 0.3 is 0 Å². The molecule has 0 spiro atoms. The minimum atomic E-state index is 1.15. The fourth-order valence-corrected chi connectivity index (χ4v) is 9.87. The molecule has 0 saturated heterocycles. The van der Waals surface area contributed by atoms with Crippen LogP contribution >= 0.6 is 0 Å². The molecule has 10 aromatic carbocycles. The van der Waals surface area contributed by atoms with Crippen molar-refractivity contribution >= 4 is 65.2 Å². The van der Waals surface area contributed by atoms with E-state index in [1.54, 1.807) is 0 Å². The van der Waals surface area contributed by atoms with Gasteiger partial charge in [-0.15, -0.1) is 0 Å². The number of rotatable bonds is 5. The first-order chi connectivity index (χ1) is 29.6. The maximum atomic E-state index is 2.45. The van der Waals surface area contributed by atoms with E-state index in [0.29, 0.717) is 0 Å². The Morgan fingerprint density at radius 3 is 1.10 bits per heavy atom. The molecule has 0 fully saturated rings. The zero-order valence-electron chi connectivity index (χ0n) is 33.5. The second kappa shape index (κ2) is 13.4. The van der Waals surface area contributed by atoms with Crippen molar-refractivity contribution in [2.45, 2.75) is 13.8 Å². The highest BCUT2D eigenvalue weighted by Gasteiger charge is 2.18. The second-order valence-electron chi connectivity index (χ2n) is 16.2. The lowest BCUT2D eigenvalue weighted by atomic mass is 9.98. The van der Waals surface area contributed by atoms with Gasteiger partial charge in [-0.2, -0.15) is 0 Å². The van der Waals surface area contributed by atoms with E-state index in [1.807, 2.05) is 0 Å². The summed E-state index contributed by atoms with van der Waals surface area (Å²) >= 11 is 0. The van der Waals surface area contributed by atoms with Crippen LogP contribution in [0.15, 0.2) is 206 Å². The SMILES string of the molecule is Cc1ccccc1-c1ccc2c3c4ccccc4ccc3n(-c3ccc(-c4ccc(-n5c6cc(-c7ccccc7C)ccc6c6c7ccccc7ccc65)cc4)cc3)c2c1. The quantitative estimate of drug-likeness (QED) is 0.165. The molecule has 0 aliphatic carbocycles. The van der Waals surface area contributed by atoms with E-state index in [0.717, 1.165) is 11.4 Å². The number of hydrogen-bond acceptors (Lipinski definition) is 0. The van der Waals surface area contributed by atoms with E-state index in [4.69, 9.17) is 0 Å². The number of benzene rings is 10. The first kappa shape index (κ1) is 34.4. The molecule has 2 heterocycles. The average Bonchev–Trinajstić information content (AvgIpc) is 3.82. The molecular formula is C58H40N2. The molecule has 2 nitrogen and oxygen atoms in total. The summed E-state index contributed by atoms with van der Waals surface area (Å²) in [5, 5.41) is 10.2. The van der Waals surface area contributed by atoms with Crippen molar-refractivity contribution in [2.24, 2.45) is 0 Å². The van der Waals surface area contributed by atoms with Crippen molar-refractivity contribution in [1.82, 2.24) is 9.13 Å². The molecule has 2 heteroatoms. The van der Waals surface area contributed by atoms with Gasteiger partial charge in [-0.1, -0.05) is 158 Å². The maximum absolute atomic E-state index is 2.45. The monoisotopic (exact) mass is 764 g/mol. The molecule has 0 aliphatic rings. The summed E-state index contributed by atoms with van der Waals surface area (Å²) in [5.74, 6) is 0. The molecule has 0 N–H and O–H groups in total. The van der Waals surface area contributed by atoms with E-state index >= 15 is 0 Å². The van der Waals surface area contributed by atoms with Gasteiger partial charge in [0, 0.05) is 32.9 Å². The number of nitrogens with zero attached hydrogens (tertiary/aromatic N) is 2. The Labute approximate surface area is 348 Å². The van der Waals surface area contributed by atoms with Gasteiger partial charge in [0.2, 0.25) is 0 Å². The van der Waals surface area contributed by atoms with Crippen LogP contribution in [-0.4, -0.2) is 9.13 Å². The molecule has 0 atom stereocenters. The van der Waals surface area contributed by atoms with Crippen molar-refractivity contribution in [3.8, 4) is 44.8 Å². The lowest BCUT2D eigenvalue weighted by molar-refractivity contribution is 1.18. The lowest BCUT2D eigenvalue weighted by Crippen LogP contribution is -1.95. The second-order valence-corrected chi connectivity index (χ2v) is 16.2. The Hall–Kier alpha value is -7.68. The van der Waals surface area contributed by atoms with Crippen LogP contribution in [0.25, 0.3) is 110 Å². The summed E-state index contributed by atoms with van der Waals surface area (Å²) in [7, 11) is 0. The molecular weight excluding hydrogens is 725 g/mol. The summed E-state index contributed by atoms with van der Waals surface area (Å²) in [5.41, 5.74) is 17.1. The van der Waals surface area contributed by atoms with Crippen LogP contribution < -0.4 is 0 Å². The fourth-order valence-electron chi connectivity index (χ4n) is 9.87. The van der Waals surface area contributed by atoms with Crippen LogP contribution in [0.4, 0.5) is 0 Å². The van der Waals surface area contributed by atoms with E-state index in [-0.39, 0.29) is 0 Å². The Bertz CT molecular complexity index is 3410. The predicted octanol–water partition coefficient (Wildman–Crippen LogP) is 15.8. The number of hydrogen-bond donors (Lipinski definition) is 0. The third-order valence-electron chi connectivity index (χ3n) is 12.8. The fraction of sp³-hybridized carbons (Fsp3) is 0.0345. The van der Waals surface area contributed by atoms with Crippen molar-refractivity contribution in [2.75, 3.05) is 0 Å². The van der Waals surface area contributed by atoms with Gasteiger partial charge in [-0.05, 0) is 128 Å². The molecule has 12 aromatic rings. The summed E-state index contributed by atoms with van der Waals surface area (Å²) in [4.78, 5) is 0. The van der Waals surface area contributed by atoms with E-state index < -0.39 is 0 Å². The highest BCUT2D eigenvalue weighted by molar-refractivity contribution is 6.23. The van der Waals surface area contributed by atoms with Gasteiger partial charge in [0.15, 0.2) is 0 Å². The highest BCUT2D eigenvalue weighted by atomic mass is 15.0. The van der Waals surface area contributed by atoms with E-state index in [9.17, 15) is 0 Å². The topological polar surface area (TPSA) is 9.86 Å². The molecule has 60 heavy (non-hydrogen) atoms. The summed E-state index contributed by atoms with van der Waals surface area (Å²) in [6, 6.07) is 76.1. The molecule has 0 saturated carbocycles. The highest BCUT2D eigenvalue weighted by Crippen LogP contribution is 2.41. The minimum absolute atomic E-state index is 1.15. The van der Waals surface area contributed by atoms with Crippen LogP contribution in [0, 0.1) is 13.8 Å². The smallest absolute Gasteiger partial charge is 0.0547 e. The van der Waals surface area contributed by atoms with Crippen molar-refractivity contribution < 1.29 is 0 Å². The molecule has 0 amide bonds. The molecule has 0 bridgehead atoms. The molecule has 2 aromatic heterocycles. The Kier molecular flexibility index (Phi) is 7.70. The Morgan fingerprint density at radius 2 is 0.667 bits per heavy atom. The van der Waals surface area contributed by atoms with Crippen LogP contribution in [0.2, 0.25) is 0 Å². The molecule has 0 radical (unpaired) electrons. The largest absolute Gasteiger partial charge is 0.309 e. The minimum Gasteiger partial charge on any atom is -0.309 e. The Balaban J connectivity index is 0.977. The number of fused-ring (bicyclic) bond motifs is 10. The van der Waals surface area contributed by atoms with Gasteiger partial charge in [0.05, 0.1) is 22.1 Å². The zero-order valence-corrected chi connectivity index (χ0v) is 33.5. The van der Waals surface area contributed by atoms with Crippen LogP contribution in [0.1, 0.15) is 11.1 Å². The summed E-state index contributed by atoms with van der Waals surface area (Å²) in [6.45, 7) is 4.39. The van der Waals surface area contributed by atoms with Gasteiger partial charge in [-0.3, -0.25) is 0 Å². The van der Waals surface area contributed by atoms with E-state index in [2.05, 4.69) is 229 Å². The standard InChI is InChI=1S/C58H40N2/c1-37-11-3-7-15-47(37)43-23-31-51-55(35-43)59(53-33-25-41-13-5-9-17-49(41)57(51)53)45-27-19-39(20-28-45)40-21-29-46(30-22-40)60-54-34-26-42-14-6-10-18-50(42)58(54)52-32-24-44(36-56(52)60)48-16-8-4-12-38(48)2/h3-36H,1-2H3. The molecule has 0 aliphatic heterocycles. The average molecular weight is 765 g/mol. The van der Waals surface area contributed by atoms with E-state index in [1.165, 1.54) is 110 Å². The molecule has 282 valence electrons. The molecule has 0 unspecified atom stereocenters. The third-order valence-corrected chi connectivity index (χ3v) is 12.8. The van der Waals surface area contributed by atoms with Crippen molar-refractivity contribution in [1.29, 1.82) is 0 Å². The number of aromatic nitrogens is 2. The van der Waals surface area contributed by atoms with Crippen molar-refractivity contribution in [3.63, 3.8) is 0 Å². The first-order valence-corrected chi connectivity index (χ1v) is 20.8. The Morgan fingerprint density at radius 1 is 0.283 bits per heavy atom. The zero-order chi connectivity index (χ0) is 39.9. The van der Waals surface area contributed by atoms with Gasteiger partial charge in [-0.25, -0.2) is 0 Å². The van der Waals surface area contributed by atoms with Crippen molar-refractivity contribution in [3.05, 3.63) is 217 Å². The van der Waals surface area contributed by atoms with Gasteiger partial charge < -0.3 is 9.13 Å². The summed E-state index contributed by atoms with van der Waals surface area (Å²) < 4.78 is 4.89. The normalized spacial score (nSPS) is 11.8. The van der Waals surface area contributed by atoms with Crippen LogP contribution in [0.5, 0.6) is 0 Å². The first-order valence-electron chi connectivity index (χ1n) is 20.8. The maximum Gasteiger partial charge on any atom is 0.0547 e. The number of aryl methyl sites for hydroxylation is 2. The third kappa shape index (κ3) is 5.28. The lowest BCUT2D eigenvalue weighted by Gasteiger charge is -2.12. The molecule has 12 rings (SSSR count). The van der Waals surface area contributed by atoms with Gasteiger partial charge in [0.1, 0.15) is 0 Å². The van der Waals surface area contributed by atoms with Crippen LogP contribution in [0.3, 0.4) is 0 Å². The summed E-state index contributed by atoms with van der Waals surface area (Å²) in [6.07, 6.45) is 0. The van der Waals surface area contributed by atoms with Crippen LogP contribution in [-0.2, 0) is 0 Å².